The number of benzene rings is 2. The summed E-state index contributed by atoms with van der Waals surface area (Å²) in [7, 11) is 0. The number of pyridine rings is 1. The number of esters is 1. The number of aromatic nitrogens is 1. The normalized spacial score (nSPS) is 11.0. The van der Waals surface area contributed by atoms with E-state index in [9.17, 15) is 9.59 Å². The fourth-order valence-corrected chi connectivity index (χ4v) is 4.06. The maximum Gasteiger partial charge on any atom is 0.338 e. The molecule has 2 heterocycles. The Morgan fingerprint density at radius 2 is 1.90 bits per heavy atom. The molecule has 2 aromatic heterocycles. The second-order valence-corrected chi connectivity index (χ2v) is 7.63. The number of nitrogens with one attached hydrogen (secondary N) is 1. The highest BCUT2D eigenvalue weighted by atomic mass is 32.1. The molecule has 0 aliphatic heterocycles. The lowest BCUT2D eigenvalue weighted by Gasteiger charge is -2.06. The SMILES string of the molecule is CCOC(=O)c1ccc(NC(=O)c2sc3nc4ccc(C)cc4cc3c2N)cc1. The van der Waals surface area contributed by atoms with Gasteiger partial charge >= 0.3 is 5.97 Å². The van der Waals surface area contributed by atoms with Gasteiger partial charge in [-0.25, -0.2) is 9.78 Å². The van der Waals surface area contributed by atoms with Crippen molar-refractivity contribution in [3.8, 4) is 0 Å². The molecular formula is C22H19N3O3S. The zero-order chi connectivity index (χ0) is 20.5. The van der Waals surface area contributed by atoms with Crippen molar-refractivity contribution in [1.29, 1.82) is 0 Å². The van der Waals surface area contributed by atoms with Gasteiger partial charge in [0, 0.05) is 16.5 Å². The van der Waals surface area contributed by atoms with Crippen molar-refractivity contribution >= 4 is 55.7 Å². The van der Waals surface area contributed by atoms with Gasteiger partial charge in [-0.1, -0.05) is 11.6 Å². The lowest BCUT2D eigenvalue weighted by atomic mass is 10.1. The monoisotopic (exact) mass is 405 g/mol. The lowest BCUT2D eigenvalue weighted by molar-refractivity contribution is 0.0526. The molecular weight excluding hydrogens is 386 g/mol. The number of carbonyl (C=O) groups excluding carboxylic acids is 2. The number of nitrogens with zero attached hydrogens (tertiary/aromatic N) is 1. The summed E-state index contributed by atoms with van der Waals surface area (Å²) in [6.07, 6.45) is 0. The van der Waals surface area contributed by atoms with E-state index >= 15 is 0 Å². The summed E-state index contributed by atoms with van der Waals surface area (Å²) < 4.78 is 4.96. The van der Waals surface area contributed by atoms with Crippen LogP contribution in [0.3, 0.4) is 0 Å². The number of hydrogen-bond donors (Lipinski definition) is 2. The fraction of sp³-hybridized carbons (Fsp3) is 0.136. The number of ether oxygens (including phenoxy) is 1. The molecule has 0 saturated carbocycles. The van der Waals surface area contributed by atoms with Gasteiger partial charge in [0.15, 0.2) is 0 Å². The molecule has 6 nitrogen and oxygen atoms in total. The topological polar surface area (TPSA) is 94.3 Å². The van der Waals surface area contributed by atoms with Crippen molar-refractivity contribution in [3.63, 3.8) is 0 Å². The van der Waals surface area contributed by atoms with Crippen molar-refractivity contribution in [2.45, 2.75) is 13.8 Å². The van der Waals surface area contributed by atoms with Gasteiger partial charge in [0.1, 0.15) is 9.71 Å². The van der Waals surface area contributed by atoms with Crippen LogP contribution < -0.4 is 11.1 Å². The number of thiophene rings is 1. The smallest absolute Gasteiger partial charge is 0.338 e. The minimum absolute atomic E-state index is 0.311. The summed E-state index contributed by atoms with van der Waals surface area (Å²) in [5, 5.41) is 4.58. The Bertz CT molecular complexity index is 1250. The Kier molecular flexibility index (Phi) is 4.90. The molecule has 0 aliphatic carbocycles. The molecule has 1 amide bonds. The quantitative estimate of drug-likeness (QED) is 0.477. The van der Waals surface area contributed by atoms with E-state index in [-0.39, 0.29) is 5.91 Å². The summed E-state index contributed by atoms with van der Waals surface area (Å²) in [4.78, 5) is 30.3. The molecule has 0 aliphatic rings. The van der Waals surface area contributed by atoms with Crippen LogP contribution in [0.1, 0.15) is 32.5 Å². The molecule has 4 aromatic rings. The van der Waals surface area contributed by atoms with Gasteiger partial charge in [-0.05, 0) is 56.3 Å². The Morgan fingerprint density at radius 3 is 2.62 bits per heavy atom. The lowest BCUT2D eigenvalue weighted by Crippen LogP contribution is -2.12. The first-order valence-corrected chi connectivity index (χ1v) is 9.96. The number of aryl methyl sites for hydroxylation is 1. The Hall–Kier alpha value is -3.45. The molecule has 0 fully saturated rings. The van der Waals surface area contributed by atoms with E-state index in [4.69, 9.17) is 10.5 Å². The van der Waals surface area contributed by atoms with Crippen LogP contribution in [0.4, 0.5) is 11.4 Å². The van der Waals surface area contributed by atoms with Crippen molar-refractivity contribution in [2.24, 2.45) is 0 Å². The zero-order valence-electron chi connectivity index (χ0n) is 16.0. The van der Waals surface area contributed by atoms with Crippen LogP contribution in [0.15, 0.2) is 48.5 Å². The van der Waals surface area contributed by atoms with Crippen molar-refractivity contribution in [1.82, 2.24) is 4.98 Å². The van der Waals surface area contributed by atoms with Crippen LogP contribution in [0.5, 0.6) is 0 Å². The third kappa shape index (κ3) is 3.64. The molecule has 0 radical (unpaired) electrons. The molecule has 0 bridgehead atoms. The minimum Gasteiger partial charge on any atom is -0.462 e. The average molecular weight is 405 g/mol. The molecule has 0 atom stereocenters. The minimum atomic E-state index is -0.396. The first-order chi connectivity index (χ1) is 14.0. The first-order valence-electron chi connectivity index (χ1n) is 9.14. The van der Waals surface area contributed by atoms with Gasteiger partial charge in [-0.3, -0.25) is 4.79 Å². The number of nitrogens with two attached hydrogens (primary N) is 1. The summed E-state index contributed by atoms with van der Waals surface area (Å²) in [6.45, 7) is 4.08. The van der Waals surface area contributed by atoms with E-state index in [0.29, 0.717) is 28.4 Å². The average Bonchev–Trinajstić information content (AvgIpc) is 3.03. The summed E-state index contributed by atoms with van der Waals surface area (Å²) in [6, 6.07) is 14.5. The summed E-state index contributed by atoms with van der Waals surface area (Å²) >= 11 is 1.26. The Morgan fingerprint density at radius 1 is 1.14 bits per heavy atom. The van der Waals surface area contributed by atoms with Gasteiger partial charge in [0.05, 0.1) is 23.4 Å². The molecule has 0 saturated heterocycles. The third-order valence-electron chi connectivity index (χ3n) is 4.53. The Labute approximate surface area is 171 Å². The van der Waals surface area contributed by atoms with E-state index in [0.717, 1.165) is 26.7 Å². The number of nitrogen functional groups attached to an aromatic ring is 1. The fourth-order valence-electron chi connectivity index (χ4n) is 3.08. The highest BCUT2D eigenvalue weighted by Gasteiger charge is 2.18. The van der Waals surface area contributed by atoms with Crippen LogP contribution in [0.2, 0.25) is 0 Å². The second-order valence-electron chi connectivity index (χ2n) is 6.63. The molecule has 0 spiro atoms. The number of amides is 1. The maximum absolute atomic E-state index is 12.8. The van der Waals surface area contributed by atoms with E-state index < -0.39 is 5.97 Å². The second kappa shape index (κ2) is 7.52. The highest BCUT2D eigenvalue weighted by molar-refractivity contribution is 7.21. The predicted octanol–water partition coefficient (Wildman–Crippen LogP) is 4.77. The van der Waals surface area contributed by atoms with Gasteiger partial charge in [0.2, 0.25) is 0 Å². The van der Waals surface area contributed by atoms with Crippen LogP contribution in [-0.2, 0) is 4.74 Å². The van der Waals surface area contributed by atoms with E-state index in [1.165, 1.54) is 11.3 Å². The number of carbonyl (C=O) groups is 2. The van der Waals surface area contributed by atoms with Gasteiger partial charge < -0.3 is 15.8 Å². The van der Waals surface area contributed by atoms with Gasteiger partial charge in [-0.2, -0.15) is 0 Å². The molecule has 29 heavy (non-hydrogen) atoms. The first kappa shape index (κ1) is 18.9. The molecule has 146 valence electrons. The van der Waals surface area contributed by atoms with Crippen LogP contribution >= 0.6 is 11.3 Å². The van der Waals surface area contributed by atoms with Crippen molar-refractivity contribution in [3.05, 3.63) is 64.5 Å². The molecule has 7 heteroatoms. The zero-order valence-corrected chi connectivity index (χ0v) is 16.8. The maximum atomic E-state index is 12.8. The van der Waals surface area contributed by atoms with Crippen LogP contribution in [-0.4, -0.2) is 23.5 Å². The molecule has 2 aromatic carbocycles. The summed E-state index contributed by atoms with van der Waals surface area (Å²) in [5.41, 5.74) is 9.68. The number of rotatable bonds is 4. The Balaban J connectivity index is 1.62. The number of hydrogen-bond acceptors (Lipinski definition) is 6. The number of anilines is 2. The summed E-state index contributed by atoms with van der Waals surface area (Å²) in [5.74, 6) is -0.706. The largest absolute Gasteiger partial charge is 0.462 e. The number of fused-ring (bicyclic) bond motifs is 2. The van der Waals surface area contributed by atoms with E-state index in [2.05, 4.69) is 10.3 Å². The van der Waals surface area contributed by atoms with E-state index in [1.807, 2.05) is 31.2 Å². The van der Waals surface area contributed by atoms with Crippen LogP contribution in [0.25, 0.3) is 21.1 Å². The molecule has 4 rings (SSSR count). The van der Waals surface area contributed by atoms with Gasteiger partial charge in [0.25, 0.3) is 5.91 Å². The molecule has 0 unspecified atom stereocenters. The van der Waals surface area contributed by atoms with E-state index in [1.54, 1.807) is 31.2 Å². The highest BCUT2D eigenvalue weighted by Crippen LogP contribution is 2.35. The predicted molar refractivity (Wildman–Crippen MR) is 117 cm³/mol. The third-order valence-corrected chi connectivity index (χ3v) is 5.64. The van der Waals surface area contributed by atoms with Gasteiger partial charge in [-0.15, -0.1) is 11.3 Å². The standard InChI is InChI=1S/C22H19N3O3S/c1-3-28-22(27)13-5-7-15(8-6-13)24-20(26)19-18(23)16-11-14-10-12(2)4-9-17(14)25-21(16)29-19/h4-11H,3,23H2,1-2H3,(H,24,26). The van der Waals surface area contributed by atoms with Crippen molar-refractivity contribution < 1.29 is 14.3 Å². The van der Waals surface area contributed by atoms with Crippen molar-refractivity contribution in [2.75, 3.05) is 17.7 Å². The molecule has 3 N–H and O–H groups in total. The van der Waals surface area contributed by atoms with Crippen LogP contribution in [0, 0.1) is 6.92 Å².